The van der Waals surface area contributed by atoms with Gasteiger partial charge in [-0.3, -0.25) is 0 Å². The molecule has 1 heterocycles. The molecule has 0 saturated heterocycles. The molecule has 0 radical (unpaired) electrons. The molecule has 0 amide bonds. The van der Waals surface area contributed by atoms with E-state index in [0.29, 0.717) is 0 Å². The van der Waals surface area contributed by atoms with Gasteiger partial charge in [0.15, 0.2) is 0 Å². The van der Waals surface area contributed by atoms with Crippen LogP contribution in [0.3, 0.4) is 0 Å². The zero-order chi connectivity index (χ0) is 14.9. The molecule has 114 valence electrons. The summed E-state index contributed by atoms with van der Waals surface area (Å²) in [6, 6.07) is 10.7. The van der Waals surface area contributed by atoms with Crippen LogP contribution in [0.2, 0.25) is 0 Å². The van der Waals surface area contributed by atoms with Crippen molar-refractivity contribution in [1.29, 1.82) is 0 Å². The molecular formula is C19H29N2+. The average molecular weight is 285 g/mol. The lowest BCUT2D eigenvalue weighted by atomic mass is 10.1. The summed E-state index contributed by atoms with van der Waals surface area (Å²) < 4.78 is 4.83. The molecule has 0 unspecified atom stereocenters. The Balaban J connectivity index is 1.94. The lowest BCUT2D eigenvalue weighted by molar-refractivity contribution is -0.695. The van der Waals surface area contributed by atoms with Gasteiger partial charge in [-0.05, 0) is 18.4 Å². The van der Waals surface area contributed by atoms with Crippen molar-refractivity contribution >= 4 is 0 Å². The molecule has 1 aromatic heterocycles. The lowest BCUT2D eigenvalue weighted by Crippen LogP contribution is -2.37. The number of imidazole rings is 1. The molecule has 2 heteroatoms. The quantitative estimate of drug-likeness (QED) is 0.478. The van der Waals surface area contributed by atoms with Gasteiger partial charge in [-0.15, -0.1) is 0 Å². The predicted octanol–water partition coefficient (Wildman–Crippen LogP) is 4.36. The number of aromatic nitrogens is 2. The fourth-order valence-electron chi connectivity index (χ4n) is 2.92. The molecule has 2 rings (SSSR count). The zero-order valence-corrected chi connectivity index (χ0v) is 13.6. The number of aryl methyl sites for hydroxylation is 1. The summed E-state index contributed by atoms with van der Waals surface area (Å²) in [5, 5.41) is 0. The van der Waals surface area contributed by atoms with Crippen molar-refractivity contribution < 1.29 is 4.57 Å². The minimum Gasteiger partial charge on any atom is -0.234 e. The molecule has 0 atom stereocenters. The van der Waals surface area contributed by atoms with Gasteiger partial charge in [-0.1, -0.05) is 63.4 Å². The molecule has 0 aliphatic carbocycles. The predicted molar refractivity (Wildman–Crippen MR) is 88.3 cm³/mol. The van der Waals surface area contributed by atoms with Crippen molar-refractivity contribution in [2.75, 3.05) is 0 Å². The third-order valence-corrected chi connectivity index (χ3v) is 4.10. The highest BCUT2D eigenvalue weighted by atomic mass is 15.1. The molecule has 0 aliphatic heterocycles. The Kier molecular flexibility index (Phi) is 6.52. The normalized spacial score (nSPS) is 11.0. The van der Waals surface area contributed by atoms with E-state index in [1.807, 2.05) is 0 Å². The number of hydrogen-bond donors (Lipinski definition) is 0. The minimum atomic E-state index is 0.979. The molecule has 0 spiro atoms. The number of nitrogens with zero attached hydrogens (tertiary/aromatic N) is 2. The number of unbranched alkanes of at least 4 members (excludes halogenated alkanes) is 4. The van der Waals surface area contributed by atoms with Crippen molar-refractivity contribution in [3.8, 4) is 0 Å². The summed E-state index contributed by atoms with van der Waals surface area (Å²) in [6.07, 6.45) is 12.3. The van der Waals surface area contributed by atoms with E-state index < -0.39 is 0 Å². The largest absolute Gasteiger partial charge is 0.256 e. The zero-order valence-electron chi connectivity index (χ0n) is 13.6. The third kappa shape index (κ3) is 4.73. The van der Waals surface area contributed by atoms with Crippen LogP contribution in [-0.4, -0.2) is 4.57 Å². The van der Waals surface area contributed by atoms with Crippen LogP contribution in [0.4, 0.5) is 0 Å². The Labute approximate surface area is 129 Å². The number of benzene rings is 1. The van der Waals surface area contributed by atoms with Crippen molar-refractivity contribution in [3.63, 3.8) is 0 Å². The molecule has 0 bridgehead atoms. The van der Waals surface area contributed by atoms with E-state index in [9.17, 15) is 0 Å². The van der Waals surface area contributed by atoms with E-state index in [0.717, 1.165) is 19.5 Å². The second kappa shape index (κ2) is 8.66. The van der Waals surface area contributed by atoms with E-state index in [-0.39, 0.29) is 0 Å². The van der Waals surface area contributed by atoms with Crippen LogP contribution in [0.15, 0.2) is 42.7 Å². The summed E-state index contributed by atoms with van der Waals surface area (Å²) in [5.74, 6) is 1.44. The van der Waals surface area contributed by atoms with Crippen molar-refractivity contribution in [1.82, 2.24) is 4.57 Å². The molecule has 2 nitrogen and oxygen atoms in total. The number of rotatable bonds is 9. The van der Waals surface area contributed by atoms with Gasteiger partial charge in [0.1, 0.15) is 18.9 Å². The van der Waals surface area contributed by atoms with Crippen LogP contribution in [-0.2, 0) is 19.5 Å². The van der Waals surface area contributed by atoms with E-state index >= 15 is 0 Å². The van der Waals surface area contributed by atoms with Gasteiger partial charge in [0, 0.05) is 6.42 Å². The standard InChI is InChI=1S/C19H29N2/c1-3-5-6-7-11-14-20-15-16-21(19(20)4-2)17-18-12-9-8-10-13-18/h8-10,12-13,15-16H,3-7,11,14,17H2,1-2H3/q+1. The van der Waals surface area contributed by atoms with Crippen LogP contribution in [0.1, 0.15) is 57.3 Å². The van der Waals surface area contributed by atoms with Gasteiger partial charge in [0.2, 0.25) is 0 Å². The van der Waals surface area contributed by atoms with Crippen LogP contribution in [0.5, 0.6) is 0 Å². The smallest absolute Gasteiger partial charge is 0.234 e. The Morgan fingerprint density at radius 1 is 0.952 bits per heavy atom. The maximum Gasteiger partial charge on any atom is 0.256 e. The van der Waals surface area contributed by atoms with Gasteiger partial charge < -0.3 is 0 Å². The lowest BCUT2D eigenvalue weighted by Gasteiger charge is -2.04. The molecule has 1 aromatic carbocycles. The summed E-state index contributed by atoms with van der Waals surface area (Å²) in [4.78, 5) is 0. The van der Waals surface area contributed by atoms with Crippen molar-refractivity contribution in [3.05, 3.63) is 54.1 Å². The van der Waals surface area contributed by atoms with Gasteiger partial charge in [0.25, 0.3) is 5.82 Å². The number of hydrogen-bond acceptors (Lipinski definition) is 0. The molecule has 0 saturated carbocycles. The second-order valence-electron chi connectivity index (χ2n) is 5.79. The monoisotopic (exact) mass is 285 g/mol. The molecule has 2 aromatic rings. The average Bonchev–Trinajstić information content (AvgIpc) is 2.90. The fraction of sp³-hybridized carbons (Fsp3) is 0.526. The molecular weight excluding hydrogens is 256 g/mol. The Bertz CT molecular complexity index is 514. The molecule has 0 aliphatic rings. The summed E-state index contributed by atoms with van der Waals surface area (Å²) >= 11 is 0. The summed E-state index contributed by atoms with van der Waals surface area (Å²) in [5.41, 5.74) is 1.37. The minimum absolute atomic E-state index is 0.979. The highest BCUT2D eigenvalue weighted by Gasteiger charge is 2.14. The van der Waals surface area contributed by atoms with Crippen LogP contribution >= 0.6 is 0 Å². The first kappa shape index (κ1) is 15.8. The summed E-state index contributed by atoms with van der Waals surface area (Å²) in [7, 11) is 0. The fourth-order valence-corrected chi connectivity index (χ4v) is 2.92. The maximum atomic E-state index is 2.44. The van der Waals surface area contributed by atoms with Crippen molar-refractivity contribution in [2.24, 2.45) is 0 Å². The second-order valence-corrected chi connectivity index (χ2v) is 5.79. The van der Waals surface area contributed by atoms with Gasteiger partial charge in [0.05, 0.1) is 6.54 Å². The first-order chi connectivity index (χ1) is 10.3. The highest BCUT2D eigenvalue weighted by molar-refractivity contribution is 5.13. The Morgan fingerprint density at radius 3 is 2.43 bits per heavy atom. The molecule has 21 heavy (non-hydrogen) atoms. The highest BCUT2D eigenvalue weighted by Crippen LogP contribution is 2.07. The molecule has 0 N–H and O–H groups in total. The van der Waals surface area contributed by atoms with Crippen LogP contribution < -0.4 is 4.57 Å². The van der Waals surface area contributed by atoms with Crippen molar-refractivity contribution in [2.45, 2.75) is 65.5 Å². The van der Waals surface area contributed by atoms with E-state index in [1.54, 1.807) is 0 Å². The van der Waals surface area contributed by atoms with Gasteiger partial charge in [-0.25, -0.2) is 9.13 Å². The first-order valence-corrected chi connectivity index (χ1v) is 8.46. The Morgan fingerprint density at radius 2 is 1.71 bits per heavy atom. The Hall–Kier alpha value is -1.57. The summed E-state index contributed by atoms with van der Waals surface area (Å²) in [6.45, 7) is 6.67. The van der Waals surface area contributed by atoms with Gasteiger partial charge in [-0.2, -0.15) is 0 Å². The van der Waals surface area contributed by atoms with E-state index in [2.05, 4.69) is 65.7 Å². The van der Waals surface area contributed by atoms with E-state index in [1.165, 1.54) is 43.5 Å². The van der Waals surface area contributed by atoms with Crippen LogP contribution in [0.25, 0.3) is 0 Å². The third-order valence-electron chi connectivity index (χ3n) is 4.10. The first-order valence-electron chi connectivity index (χ1n) is 8.46. The SMILES string of the molecule is CCCCCCCn1cc[n+](Cc2ccccc2)c1CC. The molecule has 0 fully saturated rings. The topological polar surface area (TPSA) is 8.81 Å². The van der Waals surface area contributed by atoms with Gasteiger partial charge >= 0.3 is 0 Å². The van der Waals surface area contributed by atoms with E-state index in [4.69, 9.17) is 0 Å². The van der Waals surface area contributed by atoms with Crippen LogP contribution in [0, 0.1) is 0 Å². The maximum absolute atomic E-state index is 2.44.